The molecule has 182 valence electrons. The fourth-order valence-corrected chi connectivity index (χ4v) is 3.96. The van der Waals surface area contributed by atoms with Crippen molar-refractivity contribution in [2.24, 2.45) is 0 Å². The smallest absolute Gasteiger partial charge is 0.412 e. The summed E-state index contributed by atoms with van der Waals surface area (Å²) in [5, 5.41) is 6.97. The van der Waals surface area contributed by atoms with Crippen molar-refractivity contribution in [2.45, 2.75) is 24.9 Å². The minimum absolute atomic E-state index is 0.0415. The van der Waals surface area contributed by atoms with Gasteiger partial charge < -0.3 is 19.5 Å². The highest BCUT2D eigenvalue weighted by molar-refractivity contribution is 7.15. The zero-order valence-corrected chi connectivity index (χ0v) is 18.7. The Morgan fingerprint density at radius 2 is 2.09 bits per heavy atom. The highest BCUT2D eigenvalue weighted by Crippen LogP contribution is 2.30. The fourth-order valence-electron chi connectivity index (χ4n) is 3.03. The molecule has 1 N–H and O–H groups in total. The number of nitrogens with zero attached hydrogens (tertiary/aromatic N) is 4. The summed E-state index contributed by atoms with van der Waals surface area (Å²) in [4.78, 5) is 20.4. The maximum Gasteiger partial charge on any atom is 0.573 e. The number of nitrogens with one attached hydrogen (secondary N) is 1. The highest BCUT2D eigenvalue weighted by atomic mass is 35.5. The topological polar surface area (TPSA) is 100 Å². The lowest BCUT2D eigenvalue weighted by Crippen LogP contribution is -2.40. The van der Waals surface area contributed by atoms with E-state index in [-0.39, 0.29) is 39.9 Å². The molecule has 0 radical (unpaired) electrons. The Balaban J connectivity index is 1.43. The van der Waals surface area contributed by atoms with E-state index in [9.17, 15) is 22.4 Å². The minimum Gasteiger partial charge on any atom is -0.412 e. The predicted octanol–water partition coefficient (Wildman–Crippen LogP) is 4.36. The molecule has 3 aromatic rings. The van der Waals surface area contributed by atoms with E-state index >= 15 is 0 Å². The molecule has 1 aliphatic heterocycles. The lowest BCUT2D eigenvalue weighted by atomic mass is 9.99. The Bertz CT molecular complexity index is 1200. The van der Waals surface area contributed by atoms with Gasteiger partial charge in [-0.2, -0.15) is 9.78 Å². The molecule has 1 aliphatic rings. The van der Waals surface area contributed by atoms with E-state index in [1.54, 1.807) is 0 Å². The number of hydrogen-bond donors (Lipinski definition) is 1. The predicted molar refractivity (Wildman–Crippen MR) is 114 cm³/mol. The van der Waals surface area contributed by atoms with E-state index in [4.69, 9.17) is 21.1 Å². The molecule has 1 fully saturated rings. The number of alkyl halides is 4. The summed E-state index contributed by atoms with van der Waals surface area (Å²) in [6.07, 6.45) is -0.470. The monoisotopic (exact) mass is 521 g/mol. The summed E-state index contributed by atoms with van der Waals surface area (Å²) in [5.74, 6) is -0.548. The van der Waals surface area contributed by atoms with E-state index in [1.165, 1.54) is 18.5 Å². The Morgan fingerprint density at radius 1 is 1.26 bits per heavy atom. The third kappa shape index (κ3) is 5.93. The SMILES string of the molecule is O=c1c(Cl)c(NC[C@@]2(F)CCCOC2)cnn1-c1cnc(Oc2ccc(OC(F)(F)F)cn2)s1. The average Bonchev–Trinajstić information content (AvgIpc) is 3.24. The van der Waals surface area contributed by atoms with Crippen molar-refractivity contribution in [3.05, 3.63) is 46.1 Å². The van der Waals surface area contributed by atoms with Crippen molar-refractivity contribution < 1.29 is 31.8 Å². The molecule has 0 spiro atoms. The maximum atomic E-state index is 14.7. The Hall–Kier alpha value is -2.97. The summed E-state index contributed by atoms with van der Waals surface area (Å²) >= 11 is 7.09. The summed E-state index contributed by atoms with van der Waals surface area (Å²) in [6.45, 7) is 0.382. The Kier molecular flexibility index (Phi) is 6.91. The van der Waals surface area contributed by atoms with Crippen LogP contribution < -0.4 is 20.3 Å². The normalized spacial score (nSPS) is 18.5. The van der Waals surface area contributed by atoms with Crippen LogP contribution in [0.3, 0.4) is 0 Å². The van der Waals surface area contributed by atoms with Crippen LogP contribution >= 0.6 is 22.9 Å². The van der Waals surface area contributed by atoms with Gasteiger partial charge in [-0.15, -0.1) is 13.2 Å². The highest BCUT2D eigenvalue weighted by Gasteiger charge is 2.33. The van der Waals surface area contributed by atoms with Crippen LogP contribution in [0.1, 0.15) is 12.8 Å². The molecule has 9 nitrogen and oxygen atoms in total. The van der Waals surface area contributed by atoms with Crippen LogP contribution in [0.25, 0.3) is 5.00 Å². The molecule has 0 aromatic carbocycles. The van der Waals surface area contributed by atoms with Crippen molar-refractivity contribution in [1.29, 1.82) is 0 Å². The second kappa shape index (κ2) is 9.72. The summed E-state index contributed by atoms with van der Waals surface area (Å²) in [5.41, 5.74) is -2.05. The van der Waals surface area contributed by atoms with Crippen molar-refractivity contribution >= 4 is 28.6 Å². The average molecular weight is 522 g/mol. The van der Waals surface area contributed by atoms with Crippen LogP contribution in [0.2, 0.25) is 5.02 Å². The molecular weight excluding hydrogens is 506 g/mol. The van der Waals surface area contributed by atoms with Gasteiger partial charge in [-0.05, 0) is 18.9 Å². The van der Waals surface area contributed by atoms with Gasteiger partial charge in [0.25, 0.3) is 10.8 Å². The van der Waals surface area contributed by atoms with Crippen LogP contribution in [0.4, 0.5) is 23.2 Å². The lowest BCUT2D eigenvalue weighted by Gasteiger charge is -2.29. The largest absolute Gasteiger partial charge is 0.573 e. The second-order valence-corrected chi connectivity index (χ2v) is 8.55. The van der Waals surface area contributed by atoms with Gasteiger partial charge in [0.1, 0.15) is 15.8 Å². The van der Waals surface area contributed by atoms with Gasteiger partial charge in [0, 0.05) is 12.7 Å². The van der Waals surface area contributed by atoms with Gasteiger partial charge in [-0.3, -0.25) is 4.79 Å². The third-order valence-electron chi connectivity index (χ3n) is 4.60. The summed E-state index contributed by atoms with van der Waals surface area (Å²) in [7, 11) is 0. The molecule has 0 unspecified atom stereocenters. The number of thiazole rings is 1. The molecule has 4 heterocycles. The summed E-state index contributed by atoms with van der Waals surface area (Å²) < 4.78 is 66.7. The minimum atomic E-state index is -4.83. The third-order valence-corrected chi connectivity index (χ3v) is 5.82. The number of ether oxygens (including phenoxy) is 3. The van der Waals surface area contributed by atoms with Gasteiger partial charge >= 0.3 is 6.36 Å². The number of pyridine rings is 1. The van der Waals surface area contributed by atoms with Crippen LogP contribution in [0.5, 0.6) is 16.8 Å². The maximum absolute atomic E-state index is 14.7. The number of rotatable bonds is 7. The van der Waals surface area contributed by atoms with Crippen molar-refractivity contribution in [3.8, 4) is 21.8 Å². The first-order chi connectivity index (χ1) is 16.1. The van der Waals surface area contributed by atoms with Gasteiger partial charge in [-0.1, -0.05) is 22.9 Å². The van der Waals surface area contributed by atoms with Crippen molar-refractivity contribution in [3.63, 3.8) is 0 Å². The van der Waals surface area contributed by atoms with Gasteiger partial charge in [0.05, 0.1) is 37.4 Å². The van der Waals surface area contributed by atoms with Crippen molar-refractivity contribution in [2.75, 3.05) is 25.1 Å². The Morgan fingerprint density at radius 3 is 2.76 bits per heavy atom. The molecule has 34 heavy (non-hydrogen) atoms. The first kappa shape index (κ1) is 24.2. The van der Waals surface area contributed by atoms with Gasteiger partial charge in [0.15, 0.2) is 5.67 Å². The molecule has 0 bridgehead atoms. The zero-order chi connectivity index (χ0) is 24.3. The number of halogens is 5. The molecule has 15 heteroatoms. The second-order valence-electron chi connectivity index (χ2n) is 7.20. The molecule has 4 rings (SSSR count). The molecule has 3 aromatic heterocycles. The van der Waals surface area contributed by atoms with Crippen LogP contribution in [-0.2, 0) is 4.74 Å². The van der Waals surface area contributed by atoms with E-state index in [0.717, 1.165) is 28.3 Å². The zero-order valence-electron chi connectivity index (χ0n) is 17.1. The van der Waals surface area contributed by atoms with E-state index in [2.05, 4.69) is 25.1 Å². The standard InChI is InChI=1S/C19H16ClF4N5O4S/c20-15-12(27-9-18(21)4-1-5-31-10-18)7-28-29(16(15)30)14-8-26-17(34-14)32-13-3-2-11(6-25-13)33-19(22,23)24/h2-3,6-8,27H,1,4-5,9-10H2/t18-/m0/s1. The van der Waals surface area contributed by atoms with E-state index in [0.29, 0.717) is 19.4 Å². The molecule has 0 aliphatic carbocycles. The quantitative estimate of drug-likeness (QED) is 0.458. The lowest BCUT2D eigenvalue weighted by molar-refractivity contribution is -0.274. The van der Waals surface area contributed by atoms with Gasteiger partial charge in [-0.25, -0.2) is 14.4 Å². The van der Waals surface area contributed by atoms with Crippen LogP contribution in [0.15, 0.2) is 35.5 Å². The first-order valence-corrected chi connectivity index (χ1v) is 11.0. The van der Waals surface area contributed by atoms with E-state index in [1.807, 2.05) is 0 Å². The molecule has 1 saturated heterocycles. The molecular formula is C19H16ClF4N5O4S. The number of hydrogen-bond acceptors (Lipinski definition) is 9. The van der Waals surface area contributed by atoms with Crippen LogP contribution in [-0.4, -0.2) is 51.5 Å². The first-order valence-electron chi connectivity index (χ1n) is 9.76. The van der Waals surface area contributed by atoms with Crippen LogP contribution in [0, 0.1) is 0 Å². The number of aromatic nitrogens is 4. The van der Waals surface area contributed by atoms with Gasteiger partial charge in [0.2, 0.25) is 5.88 Å². The summed E-state index contributed by atoms with van der Waals surface area (Å²) in [6, 6.07) is 2.20. The molecule has 0 saturated carbocycles. The van der Waals surface area contributed by atoms with E-state index < -0.39 is 23.3 Å². The molecule has 1 atom stereocenters. The van der Waals surface area contributed by atoms with Crippen molar-refractivity contribution in [1.82, 2.24) is 19.7 Å². The fraction of sp³-hybridized carbons (Fsp3) is 0.368. The molecule has 0 amide bonds. The Labute approximate surface area is 198 Å². The number of anilines is 1.